The molecule has 1 unspecified atom stereocenters. The van der Waals surface area contributed by atoms with Gasteiger partial charge < -0.3 is 21.1 Å². The molecule has 30 heavy (non-hydrogen) atoms. The Hall–Kier alpha value is -3.33. The van der Waals surface area contributed by atoms with Gasteiger partial charge in [-0.05, 0) is 55.0 Å². The van der Waals surface area contributed by atoms with E-state index in [9.17, 15) is 18.3 Å². The van der Waals surface area contributed by atoms with Gasteiger partial charge in [-0.15, -0.1) is 0 Å². The minimum absolute atomic E-state index is 0.382. The number of nitrogens with one attached hydrogen (secondary N) is 1. The lowest BCUT2D eigenvalue weighted by Crippen LogP contribution is -2.22. The summed E-state index contributed by atoms with van der Waals surface area (Å²) in [4.78, 5) is 10.9. The highest BCUT2D eigenvalue weighted by Crippen LogP contribution is 2.33. The number of halogens is 3. The Morgan fingerprint density at radius 1 is 1.10 bits per heavy atom. The maximum Gasteiger partial charge on any atom is 0.416 e. The number of hydrogen-bond acceptors (Lipinski definition) is 6. The van der Waals surface area contributed by atoms with E-state index in [-0.39, 0.29) is 6.10 Å². The third kappa shape index (κ3) is 4.30. The van der Waals surface area contributed by atoms with Crippen LogP contribution >= 0.6 is 0 Å². The fourth-order valence-corrected chi connectivity index (χ4v) is 3.36. The van der Waals surface area contributed by atoms with Crippen molar-refractivity contribution >= 4 is 22.9 Å². The van der Waals surface area contributed by atoms with Gasteiger partial charge in [-0.3, -0.25) is 0 Å². The summed E-state index contributed by atoms with van der Waals surface area (Å²) in [6, 6.07) is 11.7. The Morgan fingerprint density at radius 3 is 2.53 bits per heavy atom. The number of alkyl halides is 3. The summed E-state index contributed by atoms with van der Waals surface area (Å²) in [7, 11) is 0. The smallest absolute Gasteiger partial charge is 0.399 e. The topological polar surface area (TPSA) is 87.3 Å². The van der Waals surface area contributed by atoms with Crippen LogP contribution in [0.25, 0.3) is 11.4 Å². The lowest BCUT2D eigenvalue weighted by Gasteiger charge is -2.18. The van der Waals surface area contributed by atoms with Gasteiger partial charge in [0.15, 0.2) is 5.82 Å². The summed E-state index contributed by atoms with van der Waals surface area (Å²) in [5.41, 5.74) is 7.48. The summed E-state index contributed by atoms with van der Waals surface area (Å²) >= 11 is 0. The molecule has 0 radical (unpaired) electrons. The van der Waals surface area contributed by atoms with E-state index in [1.807, 2.05) is 4.90 Å². The Balaban J connectivity index is 1.64. The quantitative estimate of drug-likeness (QED) is 0.557. The van der Waals surface area contributed by atoms with Crippen LogP contribution in [0.5, 0.6) is 0 Å². The van der Waals surface area contributed by atoms with Crippen LogP contribution in [0.4, 0.5) is 36.1 Å². The highest BCUT2D eigenvalue weighted by molar-refractivity contribution is 5.80. The van der Waals surface area contributed by atoms with Gasteiger partial charge in [-0.25, -0.2) is 9.97 Å². The molecule has 4 rings (SSSR count). The number of nitrogen functional groups attached to an aromatic ring is 1. The van der Waals surface area contributed by atoms with E-state index in [2.05, 4.69) is 15.3 Å². The molecule has 2 heterocycles. The standard InChI is InChI=1S/C21H20F3N5O/c22-21(23,24)13-1-4-15(5-2-13)27-18-6-3-14(25)11-17(18)20-26-9-7-19(28-20)29-10-8-16(30)12-29/h1-7,9,11,16,27,30H,8,10,12,25H2. The van der Waals surface area contributed by atoms with Crippen LogP contribution in [-0.4, -0.2) is 34.3 Å². The van der Waals surface area contributed by atoms with Gasteiger partial charge in [0.1, 0.15) is 5.82 Å². The number of rotatable bonds is 4. The predicted octanol–water partition coefficient (Wildman–Crippen LogP) is 4.06. The van der Waals surface area contributed by atoms with E-state index in [0.29, 0.717) is 53.8 Å². The zero-order chi connectivity index (χ0) is 21.3. The van der Waals surface area contributed by atoms with E-state index in [4.69, 9.17) is 5.73 Å². The third-order valence-electron chi connectivity index (χ3n) is 4.90. The molecule has 0 spiro atoms. The van der Waals surface area contributed by atoms with E-state index in [1.165, 1.54) is 12.1 Å². The molecule has 1 aliphatic heterocycles. The van der Waals surface area contributed by atoms with Crippen molar-refractivity contribution in [2.75, 3.05) is 29.0 Å². The zero-order valence-corrected chi connectivity index (χ0v) is 15.9. The molecule has 1 aromatic heterocycles. The van der Waals surface area contributed by atoms with E-state index < -0.39 is 11.7 Å². The first-order valence-corrected chi connectivity index (χ1v) is 9.40. The molecule has 9 heteroatoms. The summed E-state index contributed by atoms with van der Waals surface area (Å²) in [6.45, 7) is 1.20. The minimum atomic E-state index is -4.39. The third-order valence-corrected chi connectivity index (χ3v) is 4.90. The molecule has 4 N–H and O–H groups in total. The first kappa shape index (κ1) is 20.0. The largest absolute Gasteiger partial charge is 0.416 e. The maximum atomic E-state index is 12.8. The number of aliphatic hydroxyl groups excluding tert-OH is 1. The first-order valence-electron chi connectivity index (χ1n) is 9.40. The van der Waals surface area contributed by atoms with Crippen molar-refractivity contribution in [1.29, 1.82) is 0 Å². The molecule has 6 nitrogen and oxygen atoms in total. The maximum absolute atomic E-state index is 12.8. The Labute approximate surface area is 171 Å². The fraction of sp³-hybridized carbons (Fsp3) is 0.238. The van der Waals surface area contributed by atoms with Crippen molar-refractivity contribution in [2.24, 2.45) is 0 Å². The molecule has 1 atom stereocenters. The monoisotopic (exact) mass is 415 g/mol. The molecular formula is C21H20F3N5O. The number of β-amino-alcohol motifs (C(OH)–C–C–N with tert-alkyl or cyclic N) is 1. The van der Waals surface area contributed by atoms with Crippen LogP contribution in [0.1, 0.15) is 12.0 Å². The van der Waals surface area contributed by atoms with Gasteiger partial charge in [0.2, 0.25) is 0 Å². The Kier molecular flexibility index (Phi) is 5.21. The molecule has 0 amide bonds. The average molecular weight is 415 g/mol. The number of nitrogens with two attached hydrogens (primary N) is 1. The van der Waals surface area contributed by atoms with Gasteiger partial charge >= 0.3 is 6.18 Å². The van der Waals surface area contributed by atoms with E-state index in [1.54, 1.807) is 30.5 Å². The molecule has 0 saturated carbocycles. The number of nitrogens with zero attached hydrogens (tertiary/aromatic N) is 3. The second-order valence-corrected chi connectivity index (χ2v) is 7.13. The summed E-state index contributed by atoms with van der Waals surface area (Å²) in [5.74, 6) is 1.12. The van der Waals surface area contributed by atoms with E-state index in [0.717, 1.165) is 12.1 Å². The van der Waals surface area contributed by atoms with Crippen molar-refractivity contribution in [2.45, 2.75) is 18.7 Å². The summed E-state index contributed by atoms with van der Waals surface area (Å²) in [6.07, 6.45) is -2.46. The highest BCUT2D eigenvalue weighted by atomic mass is 19.4. The highest BCUT2D eigenvalue weighted by Gasteiger charge is 2.30. The molecule has 156 valence electrons. The lowest BCUT2D eigenvalue weighted by atomic mass is 10.1. The number of hydrogen-bond donors (Lipinski definition) is 3. The van der Waals surface area contributed by atoms with Crippen LogP contribution in [0.15, 0.2) is 54.7 Å². The minimum Gasteiger partial charge on any atom is -0.399 e. The van der Waals surface area contributed by atoms with Gasteiger partial charge in [-0.1, -0.05) is 0 Å². The Morgan fingerprint density at radius 2 is 1.87 bits per heavy atom. The van der Waals surface area contributed by atoms with Gasteiger partial charge in [-0.2, -0.15) is 13.2 Å². The van der Waals surface area contributed by atoms with Crippen molar-refractivity contribution in [3.63, 3.8) is 0 Å². The molecule has 0 aliphatic carbocycles. The van der Waals surface area contributed by atoms with Gasteiger partial charge in [0.05, 0.1) is 11.7 Å². The van der Waals surface area contributed by atoms with E-state index >= 15 is 0 Å². The SMILES string of the molecule is Nc1ccc(Nc2ccc(C(F)(F)F)cc2)c(-c2nccc(N3CCC(O)C3)n2)c1. The second kappa shape index (κ2) is 7.83. The summed E-state index contributed by atoms with van der Waals surface area (Å²) < 4.78 is 38.4. The molecule has 1 aliphatic rings. The number of aliphatic hydroxyl groups is 1. The van der Waals surface area contributed by atoms with Crippen LogP contribution in [0.2, 0.25) is 0 Å². The van der Waals surface area contributed by atoms with Crippen molar-refractivity contribution in [3.8, 4) is 11.4 Å². The number of benzene rings is 2. The predicted molar refractivity (Wildman–Crippen MR) is 109 cm³/mol. The molecule has 1 fully saturated rings. The van der Waals surface area contributed by atoms with Crippen LogP contribution in [0, 0.1) is 0 Å². The summed E-state index contributed by atoms with van der Waals surface area (Å²) in [5, 5.41) is 12.9. The van der Waals surface area contributed by atoms with Crippen LogP contribution in [-0.2, 0) is 6.18 Å². The van der Waals surface area contributed by atoms with Crippen molar-refractivity contribution in [3.05, 3.63) is 60.3 Å². The van der Waals surface area contributed by atoms with Crippen molar-refractivity contribution < 1.29 is 18.3 Å². The molecule has 1 saturated heterocycles. The molecule has 2 aromatic carbocycles. The lowest BCUT2D eigenvalue weighted by molar-refractivity contribution is -0.137. The molecular weight excluding hydrogens is 395 g/mol. The van der Waals surface area contributed by atoms with Crippen LogP contribution < -0.4 is 16.0 Å². The van der Waals surface area contributed by atoms with Gasteiger partial charge in [0.25, 0.3) is 0 Å². The Bertz CT molecular complexity index is 1040. The molecule has 3 aromatic rings. The molecule has 0 bridgehead atoms. The van der Waals surface area contributed by atoms with Crippen molar-refractivity contribution in [1.82, 2.24) is 9.97 Å². The first-order chi connectivity index (χ1) is 14.3. The second-order valence-electron chi connectivity index (χ2n) is 7.13. The number of anilines is 4. The van der Waals surface area contributed by atoms with Gasteiger partial charge in [0, 0.05) is 41.9 Å². The zero-order valence-electron chi connectivity index (χ0n) is 15.9. The van der Waals surface area contributed by atoms with Crippen LogP contribution in [0.3, 0.4) is 0 Å². The fourth-order valence-electron chi connectivity index (χ4n) is 3.36. The number of aromatic nitrogens is 2. The average Bonchev–Trinajstić information content (AvgIpc) is 3.16. The normalized spacial score (nSPS) is 16.7.